The minimum absolute atomic E-state index is 0.970. The summed E-state index contributed by atoms with van der Waals surface area (Å²) in [5, 5.41) is 0. The third kappa shape index (κ3) is 1.69. The number of fused-ring (bicyclic) bond motifs is 1. The number of anilines is 1. The van der Waals surface area contributed by atoms with Gasteiger partial charge in [0.2, 0.25) is 0 Å². The van der Waals surface area contributed by atoms with Gasteiger partial charge in [-0.05, 0) is 29.7 Å². The van der Waals surface area contributed by atoms with Gasteiger partial charge in [0.05, 0.1) is 0 Å². The monoisotopic (exact) mass is 208 g/mol. The zero-order valence-electron chi connectivity index (χ0n) is 9.19. The molecule has 1 radical (unpaired) electrons. The van der Waals surface area contributed by atoms with Crippen molar-refractivity contribution in [3.63, 3.8) is 0 Å². The van der Waals surface area contributed by atoms with Crippen molar-refractivity contribution in [2.45, 2.75) is 13.0 Å². The van der Waals surface area contributed by atoms with Crippen LogP contribution in [0.3, 0.4) is 0 Å². The fourth-order valence-electron chi connectivity index (χ4n) is 2.31. The van der Waals surface area contributed by atoms with Gasteiger partial charge in [-0.2, -0.15) is 0 Å². The summed E-state index contributed by atoms with van der Waals surface area (Å²) in [5.41, 5.74) is 4.12. The molecule has 0 aliphatic carbocycles. The third-order valence-corrected chi connectivity index (χ3v) is 3.12. The van der Waals surface area contributed by atoms with Crippen molar-refractivity contribution < 1.29 is 0 Å². The highest BCUT2D eigenvalue weighted by atomic mass is 15.1. The van der Waals surface area contributed by atoms with Crippen molar-refractivity contribution in [1.82, 2.24) is 0 Å². The molecule has 0 saturated heterocycles. The summed E-state index contributed by atoms with van der Waals surface area (Å²) < 4.78 is 0. The van der Waals surface area contributed by atoms with Gasteiger partial charge in [-0.1, -0.05) is 42.5 Å². The number of nitrogens with zero attached hydrogens (tertiary/aromatic N) is 1. The summed E-state index contributed by atoms with van der Waals surface area (Å²) in [4.78, 5) is 2.43. The molecule has 0 aromatic heterocycles. The van der Waals surface area contributed by atoms with Crippen LogP contribution in [0, 0.1) is 6.07 Å². The highest BCUT2D eigenvalue weighted by Crippen LogP contribution is 2.28. The molecule has 1 heterocycles. The molecular formula is C15H14N. The molecule has 16 heavy (non-hydrogen) atoms. The minimum Gasteiger partial charge on any atom is -0.367 e. The lowest BCUT2D eigenvalue weighted by molar-refractivity contribution is 0.835. The lowest BCUT2D eigenvalue weighted by Gasteiger charge is -2.19. The second-order valence-corrected chi connectivity index (χ2v) is 4.19. The van der Waals surface area contributed by atoms with Crippen LogP contribution >= 0.6 is 0 Å². The Hall–Kier alpha value is -1.76. The van der Waals surface area contributed by atoms with Crippen molar-refractivity contribution in [1.29, 1.82) is 0 Å². The Morgan fingerprint density at radius 2 is 1.94 bits per heavy atom. The predicted octanol–water partition coefficient (Wildman–Crippen LogP) is 3.05. The molecule has 1 heteroatoms. The van der Waals surface area contributed by atoms with E-state index < -0.39 is 0 Å². The molecule has 3 rings (SSSR count). The Bertz CT molecular complexity index is 476. The fourth-order valence-corrected chi connectivity index (χ4v) is 2.31. The zero-order chi connectivity index (χ0) is 10.8. The topological polar surface area (TPSA) is 3.24 Å². The molecule has 0 atom stereocenters. The normalized spacial score (nSPS) is 13.9. The maximum absolute atomic E-state index is 3.28. The number of para-hydroxylation sites is 1. The van der Waals surface area contributed by atoms with Gasteiger partial charge in [0.1, 0.15) is 0 Å². The Labute approximate surface area is 96.3 Å². The molecule has 0 unspecified atom stereocenters. The van der Waals surface area contributed by atoms with Gasteiger partial charge in [0, 0.05) is 18.8 Å². The Kier molecular flexibility index (Phi) is 2.37. The molecule has 0 spiro atoms. The quantitative estimate of drug-likeness (QED) is 0.733. The Morgan fingerprint density at radius 1 is 1.06 bits per heavy atom. The number of rotatable bonds is 2. The average molecular weight is 208 g/mol. The molecule has 1 aliphatic heterocycles. The second kappa shape index (κ2) is 4.01. The summed E-state index contributed by atoms with van der Waals surface area (Å²) in [6.07, 6.45) is 1.17. The molecule has 0 N–H and O–H groups in total. The van der Waals surface area contributed by atoms with E-state index in [1.165, 1.54) is 23.2 Å². The van der Waals surface area contributed by atoms with Crippen LogP contribution in [0.25, 0.3) is 0 Å². The predicted molar refractivity (Wildman–Crippen MR) is 66.5 cm³/mol. The van der Waals surface area contributed by atoms with Crippen LogP contribution in [0.15, 0.2) is 48.5 Å². The molecule has 0 bridgehead atoms. The fraction of sp³-hybridized carbons (Fsp3) is 0.200. The Balaban J connectivity index is 1.84. The van der Waals surface area contributed by atoms with E-state index in [1.54, 1.807) is 0 Å². The maximum atomic E-state index is 3.28. The smallest absolute Gasteiger partial charge is 0.0435 e. The zero-order valence-corrected chi connectivity index (χ0v) is 9.19. The SMILES string of the molecule is [c]1ccccc1CN1CCc2ccccc21. The lowest BCUT2D eigenvalue weighted by Crippen LogP contribution is -2.19. The molecule has 2 aromatic carbocycles. The van der Waals surface area contributed by atoms with Crippen LogP contribution in [0.4, 0.5) is 5.69 Å². The van der Waals surface area contributed by atoms with Crippen molar-refractivity contribution in [2.75, 3.05) is 11.4 Å². The van der Waals surface area contributed by atoms with Gasteiger partial charge in [-0.3, -0.25) is 0 Å². The van der Waals surface area contributed by atoms with E-state index in [9.17, 15) is 0 Å². The number of benzene rings is 2. The summed E-state index contributed by atoms with van der Waals surface area (Å²) in [5.74, 6) is 0. The molecule has 1 nitrogen and oxygen atoms in total. The van der Waals surface area contributed by atoms with Gasteiger partial charge in [0.15, 0.2) is 0 Å². The van der Waals surface area contributed by atoms with E-state index in [4.69, 9.17) is 0 Å². The largest absolute Gasteiger partial charge is 0.367 e. The summed E-state index contributed by atoms with van der Waals surface area (Å²) in [7, 11) is 0. The first kappa shape index (κ1) is 9.46. The van der Waals surface area contributed by atoms with Gasteiger partial charge < -0.3 is 4.90 Å². The van der Waals surface area contributed by atoms with Gasteiger partial charge in [-0.15, -0.1) is 0 Å². The van der Waals surface area contributed by atoms with E-state index >= 15 is 0 Å². The molecule has 79 valence electrons. The average Bonchev–Trinajstić information content (AvgIpc) is 2.74. The van der Waals surface area contributed by atoms with Crippen LogP contribution in [-0.2, 0) is 13.0 Å². The van der Waals surface area contributed by atoms with Gasteiger partial charge >= 0.3 is 0 Å². The van der Waals surface area contributed by atoms with Crippen molar-refractivity contribution in [3.8, 4) is 0 Å². The van der Waals surface area contributed by atoms with Gasteiger partial charge in [-0.25, -0.2) is 0 Å². The molecule has 0 saturated carbocycles. The summed E-state index contributed by atoms with van der Waals surface area (Å²) >= 11 is 0. The minimum atomic E-state index is 0.970. The second-order valence-electron chi connectivity index (χ2n) is 4.19. The standard InChI is InChI=1S/C15H14N/c1-2-6-13(7-3-1)12-16-11-10-14-8-4-5-9-15(14)16/h1-6,8-9H,10-12H2. The first-order chi connectivity index (χ1) is 7.93. The molecule has 2 aromatic rings. The van der Waals surface area contributed by atoms with E-state index in [2.05, 4.69) is 47.4 Å². The van der Waals surface area contributed by atoms with Crippen molar-refractivity contribution in [3.05, 3.63) is 65.7 Å². The van der Waals surface area contributed by atoms with Crippen LogP contribution in [0.2, 0.25) is 0 Å². The first-order valence-electron chi connectivity index (χ1n) is 5.72. The molecule has 1 aliphatic rings. The Morgan fingerprint density at radius 3 is 2.81 bits per heavy atom. The highest BCUT2D eigenvalue weighted by molar-refractivity contribution is 5.57. The van der Waals surface area contributed by atoms with E-state index in [0.29, 0.717) is 0 Å². The maximum Gasteiger partial charge on any atom is 0.0435 e. The van der Waals surface area contributed by atoms with Crippen LogP contribution in [0.5, 0.6) is 0 Å². The van der Waals surface area contributed by atoms with Gasteiger partial charge in [0.25, 0.3) is 0 Å². The third-order valence-electron chi connectivity index (χ3n) is 3.12. The number of hydrogen-bond donors (Lipinski definition) is 0. The van der Waals surface area contributed by atoms with E-state index in [-0.39, 0.29) is 0 Å². The van der Waals surface area contributed by atoms with Crippen LogP contribution in [-0.4, -0.2) is 6.54 Å². The molecule has 0 fully saturated rings. The van der Waals surface area contributed by atoms with Crippen LogP contribution in [0.1, 0.15) is 11.1 Å². The number of hydrogen-bond acceptors (Lipinski definition) is 1. The van der Waals surface area contributed by atoms with Crippen molar-refractivity contribution in [2.24, 2.45) is 0 Å². The molecular weight excluding hydrogens is 194 g/mol. The summed E-state index contributed by atoms with van der Waals surface area (Å²) in [6.45, 7) is 2.10. The lowest BCUT2D eigenvalue weighted by atomic mass is 10.2. The molecule has 0 amide bonds. The highest BCUT2D eigenvalue weighted by Gasteiger charge is 2.17. The first-order valence-corrected chi connectivity index (χ1v) is 5.72. The van der Waals surface area contributed by atoms with E-state index in [1.807, 2.05) is 12.1 Å². The van der Waals surface area contributed by atoms with E-state index in [0.717, 1.165) is 13.1 Å². The van der Waals surface area contributed by atoms with Crippen LogP contribution < -0.4 is 4.90 Å². The summed E-state index contributed by atoms with van der Waals surface area (Å²) in [6, 6.07) is 20.2. The van der Waals surface area contributed by atoms with Crippen molar-refractivity contribution >= 4 is 5.69 Å².